The van der Waals surface area contributed by atoms with E-state index in [2.05, 4.69) is 11.1 Å². The van der Waals surface area contributed by atoms with E-state index in [1.54, 1.807) is 42.7 Å². The molecule has 4 aromatic rings. The van der Waals surface area contributed by atoms with Crippen LogP contribution >= 0.6 is 0 Å². The molecule has 0 unspecified atom stereocenters. The molecule has 1 aliphatic rings. The lowest BCUT2D eigenvalue weighted by molar-refractivity contribution is -0.140. The van der Waals surface area contributed by atoms with Crippen LogP contribution in [0.3, 0.4) is 0 Å². The SMILES string of the molecule is Cc1cccc(COc2ccc(C(O)=C3C(=O)C(=O)N(Cc4cccnc4)[C@H]3c3ccccc3)cc2)c1. The van der Waals surface area contributed by atoms with E-state index < -0.39 is 17.7 Å². The molecule has 1 N–H and O–H groups in total. The highest BCUT2D eigenvalue weighted by Crippen LogP contribution is 2.40. The Hall–Kier alpha value is -4.71. The number of hydrogen-bond donors (Lipinski definition) is 1. The third-order valence-corrected chi connectivity index (χ3v) is 6.35. The first kappa shape index (κ1) is 24.0. The van der Waals surface area contributed by atoms with Gasteiger partial charge in [0, 0.05) is 24.5 Å². The Morgan fingerprint density at radius 2 is 1.68 bits per heavy atom. The van der Waals surface area contributed by atoms with E-state index >= 15 is 0 Å². The predicted octanol–water partition coefficient (Wildman–Crippen LogP) is 5.59. The summed E-state index contributed by atoms with van der Waals surface area (Å²) in [7, 11) is 0. The fraction of sp³-hybridized carbons (Fsp3) is 0.129. The summed E-state index contributed by atoms with van der Waals surface area (Å²) in [6.45, 7) is 2.64. The van der Waals surface area contributed by atoms with Crippen LogP contribution in [0.4, 0.5) is 0 Å². The second-order valence-electron chi connectivity index (χ2n) is 9.00. The van der Waals surface area contributed by atoms with Gasteiger partial charge in [0.2, 0.25) is 0 Å². The molecule has 1 fully saturated rings. The van der Waals surface area contributed by atoms with E-state index in [0.717, 1.165) is 22.3 Å². The maximum Gasteiger partial charge on any atom is 0.295 e. The number of pyridine rings is 1. The van der Waals surface area contributed by atoms with Crippen molar-refractivity contribution in [1.29, 1.82) is 0 Å². The Balaban J connectivity index is 1.45. The van der Waals surface area contributed by atoms with Gasteiger partial charge in [-0.1, -0.05) is 66.2 Å². The van der Waals surface area contributed by atoms with Crippen LogP contribution in [0, 0.1) is 6.92 Å². The topological polar surface area (TPSA) is 79.7 Å². The fourth-order valence-corrected chi connectivity index (χ4v) is 4.55. The van der Waals surface area contributed by atoms with Crippen molar-refractivity contribution in [2.75, 3.05) is 0 Å². The zero-order valence-electron chi connectivity index (χ0n) is 20.4. The van der Waals surface area contributed by atoms with Gasteiger partial charge >= 0.3 is 0 Å². The van der Waals surface area contributed by atoms with Gasteiger partial charge in [-0.05, 0) is 53.9 Å². The van der Waals surface area contributed by atoms with Crippen LogP contribution in [0.5, 0.6) is 5.75 Å². The molecule has 3 aromatic carbocycles. The molecule has 1 saturated heterocycles. The minimum atomic E-state index is -0.723. The molecule has 37 heavy (non-hydrogen) atoms. The molecule has 2 heterocycles. The highest BCUT2D eigenvalue weighted by molar-refractivity contribution is 6.46. The van der Waals surface area contributed by atoms with E-state index in [0.29, 0.717) is 17.9 Å². The molecule has 0 saturated carbocycles. The number of carbonyl (C=O) groups excluding carboxylic acids is 2. The fourth-order valence-electron chi connectivity index (χ4n) is 4.55. The first-order chi connectivity index (χ1) is 18.0. The maximum absolute atomic E-state index is 13.2. The Morgan fingerprint density at radius 1 is 0.919 bits per heavy atom. The highest BCUT2D eigenvalue weighted by atomic mass is 16.5. The zero-order valence-corrected chi connectivity index (χ0v) is 20.4. The van der Waals surface area contributed by atoms with Crippen molar-refractivity contribution >= 4 is 17.4 Å². The maximum atomic E-state index is 13.2. The van der Waals surface area contributed by atoms with Gasteiger partial charge < -0.3 is 14.7 Å². The first-order valence-electron chi connectivity index (χ1n) is 12.0. The number of nitrogens with zero attached hydrogens (tertiary/aromatic N) is 2. The number of aromatic nitrogens is 1. The molecule has 0 aliphatic carbocycles. The minimum absolute atomic E-state index is 0.0634. The summed E-state index contributed by atoms with van der Waals surface area (Å²) in [5, 5.41) is 11.3. The van der Waals surface area contributed by atoms with Gasteiger partial charge in [0.1, 0.15) is 18.1 Å². The minimum Gasteiger partial charge on any atom is -0.507 e. The van der Waals surface area contributed by atoms with Crippen LogP contribution in [-0.4, -0.2) is 26.7 Å². The number of Topliss-reactive ketones (excluding diaryl/α,β-unsaturated/α-hetero) is 1. The summed E-state index contributed by atoms with van der Waals surface area (Å²) in [5.41, 5.74) is 4.25. The van der Waals surface area contributed by atoms with Crippen molar-refractivity contribution in [3.05, 3.63) is 137 Å². The average Bonchev–Trinajstić information content (AvgIpc) is 3.18. The molecule has 1 atom stereocenters. The van der Waals surface area contributed by atoms with Gasteiger partial charge in [-0.15, -0.1) is 0 Å². The number of aliphatic hydroxyl groups excluding tert-OH is 1. The van der Waals surface area contributed by atoms with Crippen molar-refractivity contribution in [1.82, 2.24) is 9.88 Å². The molecule has 1 aliphatic heterocycles. The van der Waals surface area contributed by atoms with E-state index in [9.17, 15) is 14.7 Å². The van der Waals surface area contributed by atoms with Crippen molar-refractivity contribution in [3.8, 4) is 5.75 Å². The lowest BCUT2D eigenvalue weighted by atomic mass is 9.95. The Labute approximate surface area is 215 Å². The number of hydrogen-bond acceptors (Lipinski definition) is 5. The normalized spacial score (nSPS) is 16.7. The van der Waals surface area contributed by atoms with Gasteiger partial charge in [0.25, 0.3) is 11.7 Å². The molecule has 6 nitrogen and oxygen atoms in total. The number of ketones is 1. The number of ether oxygens (including phenoxy) is 1. The van der Waals surface area contributed by atoms with Crippen molar-refractivity contribution in [2.45, 2.75) is 26.1 Å². The summed E-state index contributed by atoms with van der Waals surface area (Å²) < 4.78 is 5.89. The summed E-state index contributed by atoms with van der Waals surface area (Å²) >= 11 is 0. The Morgan fingerprint density at radius 3 is 2.38 bits per heavy atom. The van der Waals surface area contributed by atoms with Crippen molar-refractivity contribution < 1.29 is 19.4 Å². The summed E-state index contributed by atoms with van der Waals surface area (Å²) in [5.74, 6) is -0.951. The third kappa shape index (κ3) is 5.14. The van der Waals surface area contributed by atoms with Crippen molar-refractivity contribution in [2.24, 2.45) is 0 Å². The first-order valence-corrected chi connectivity index (χ1v) is 12.0. The summed E-state index contributed by atoms with van der Waals surface area (Å²) in [4.78, 5) is 31.9. The smallest absolute Gasteiger partial charge is 0.295 e. The van der Waals surface area contributed by atoms with Gasteiger partial charge in [0.15, 0.2) is 0 Å². The van der Waals surface area contributed by atoms with E-state index in [1.807, 2.05) is 61.5 Å². The zero-order chi connectivity index (χ0) is 25.8. The summed E-state index contributed by atoms with van der Waals surface area (Å²) in [6.07, 6.45) is 3.32. The van der Waals surface area contributed by atoms with Crippen LogP contribution in [0.1, 0.15) is 33.9 Å². The Kier molecular flexibility index (Phi) is 6.81. The van der Waals surface area contributed by atoms with Crippen LogP contribution in [-0.2, 0) is 22.7 Å². The van der Waals surface area contributed by atoms with Crippen LogP contribution in [0.2, 0.25) is 0 Å². The number of aliphatic hydroxyl groups is 1. The predicted molar refractivity (Wildman–Crippen MR) is 140 cm³/mol. The number of carbonyl (C=O) groups is 2. The number of amides is 1. The van der Waals surface area contributed by atoms with E-state index in [1.165, 1.54) is 4.90 Å². The quantitative estimate of drug-likeness (QED) is 0.208. The largest absolute Gasteiger partial charge is 0.507 e. The van der Waals surface area contributed by atoms with E-state index in [-0.39, 0.29) is 17.9 Å². The molecule has 6 heteroatoms. The monoisotopic (exact) mass is 490 g/mol. The number of rotatable bonds is 7. The Bertz CT molecular complexity index is 1450. The molecule has 5 rings (SSSR count). The summed E-state index contributed by atoms with van der Waals surface area (Å²) in [6, 6.07) is 27.1. The molecule has 0 spiro atoms. The molecule has 0 radical (unpaired) electrons. The standard InChI is InChI=1S/C31H26N2O4/c1-21-7-5-8-22(17-21)20-37-26-14-12-25(13-15-26)29(34)27-28(24-10-3-2-4-11-24)33(31(36)30(27)35)19-23-9-6-16-32-18-23/h2-18,28,34H,19-20H2,1H3/t28-/m0/s1. The lowest BCUT2D eigenvalue weighted by Gasteiger charge is -2.25. The van der Waals surface area contributed by atoms with Crippen molar-refractivity contribution in [3.63, 3.8) is 0 Å². The van der Waals surface area contributed by atoms with Crippen LogP contribution in [0.25, 0.3) is 5.76 Å². The molecular weight excluding hydrogens is 464 g/mol. The van der Waals surface area contributed by atoms with Gasteiger partial charge in [-0.2, -0.15) is 0 Å². The second kappa shape index (κ2) is 10.5. The molecular formula is C31H26N2O4. The average molecular weight is 491 g/mol. The molecule has 184 valence electrons. The second-order valence-corrected chi connectivity index (χ2v) is 9.00. The number of benzene rings is 3. The third-order valence-electron chi connectivity index (χ3n) is 6.35. The molecule has 0 bridgehead atoms. The number of aryl methyl sites for hydroxylation is 1. The van der Waals surface area contributed by atoms with Gasteiger partial charge in [0.05, 0.1) is 11.6 Å². The number of likely N-dealkylation sites (tertiary alicyclic amines) is 1. The molecule has 1 amide bonds. The van der Waals surface area contributed by atoms with E-state index in [4.69, 9.17) is 4.74 Å². The molecule has 1 aromatic heterocycles. The highest BCUT2D eigenvalue weighted by Gasteiger charge is 2.46. The lowest BCUT2D eigenvalue weighted by Crippen LogP contribution is -2.29. The van der Waals surface area contributed by atoms with Gasteiger partial charge in [-0.3, -0.25) is 14.6 Å². The van der Waals surface area contributed by atoms with Crippen LogP contribution < -0.4 is 4.74 Å². The van der Waals surface area contributed by atoms with Crippen LogP contribution in [0.15, 0.2) is 109 Å². The van der Waals surface area contributed by atoms with Gasteiger partial charge in [-0.25, -0.2) is 0 Å².